The Morgan fingerprint density at radius 2 is 2.24 bits per heavy atom. The topological polar surface area (TPSA) is 38.2 Å². The molecule has 1 unspecified atom stereocenters. The zero-order valence-electron chi connectivity index (χ0n) is 10.1. The first-order chi connectivity index (χ1) is 8.29. The molecule has 0 aliphatic carbocycles. The standard InChI is InChI=1S/C12H18ClN3O/c1-2-16(8-10-4-3-5-17-9-10)12-14-6-11(13)7-15-12/h6-7,10H,2-5,8-9H2,1H3. The Hall–Kier alpha value is -0.870. The highest BCUT2D eigenvalue weighted by atomic mass is 35.5. The SMILES string of the molecule is CCN(CC1CCCOC1)c1ncc(Cl)cn1. The van der Waals surface area contributed by atoms with E-state index in [9.17, 15) is 0 Å². The molecule has 1 fully saturated rings. The minimum atomic E-state index is 0.575. The highest BCUT2D eigenvalue weighted by molar-refractivity contribution is 6.30. The second kappa shape index (κ2) is 6.17. The largest absolute Gasteiger partial charge is 0.381 e. The van der Waals surface area contributed by atoms with Crippen LogP contribution in [0.15, 0.2) is 12.4 Å². The predicted octanol–water partition coefficient (Wildman–Crippen LogP) is 2.38. The minimum absolute atomic E-state index is 0.575. The third kappa shape index (κ3) is 3.54. The van der Waals surface area contributed by atoms with Crippen molar-refractivity contribution in [3.63, 3.8) is 0 Å². The van der Waals surface area contributed by atoms with Crippen molar-refractivity contribution in [3.8, 4) is 0 Å². The molecule has 1 aromatic heterocycles. The summed E-state index contributed by atoms with van der Waals surface area (Å²) in [5, 5.41) is 0.575. The molecular formula is C12H18ClN3O. The minimum Gasteiger partial charge on any atom is -0.381 e. The van der Waals surface area contributed by atoms with Gasteiger partial charge in [0.05, 0.1) is 24.0 Å². The van der Waals surface area contributed by atoms with Crippen LogP contribution in [0.1, 0.15) is 19.8 Å². The van der Waals surface area contributed by atoms with Crippen molar-refractivity contribution in [3.05, 3.63) is 17.4 Å². The van der Waals surface area contributed by atoms with E-state index in [2.05, 4.69) is 21.8 Å². The molecule has 1 atom stereocenters. The van der Waals surface area contributed by atoms with Gasteiger partial charge in [-0.1, -0.05) is 11.6 Å². The van der Waals surface area contributed by atoms with E-state index >= 15 is 0 Å². The molecule has 0 spiro atoms. The van der Waals surface area contributed by atoms with Gasteiger partial charge in [-0.15, -0.1) is 0 Å². The molecule has 0 saturated carbocycles. The maximum Gasteiger partial charge on any atom is 0.225 e. The van der Waals surface area contributed by atoms with Gasteiger partial charge in [-0.3, -0.25) is 0 Å². The van der Waals surface area contributed by atoms with Crippen LogP contribution in [0.4, 0.5) is 5.95 Å². The lowest BCUT2D eigenvalue weighted by molar-refractivity contribution is 0.0572. The number of hydrogen-bond donors (Lipinski definition) is 0. The molecule has 2 heterocycles. The van der Waals surface area contributed by atoms with Crippen LogP contribution in [0.3, 0.4) is 0 Å². The molecule has 0 amide bonds. The van der Waals surface area contributed by atoms with Crippen molar-refractivity contribution in [1.29, 1.82) is 0 Å². The molecule has 94 valence electrons. The molecule has 0 bridgehead atoms. The fourth-order valence-corrected chi connectivity index (χ4v) is 2.18. The Morgan fingerprint density at radius 3 is 2.82 bits per heavy atom. The van der Waals surface area contributed by atoms with Gasteiger partial charge in [-0.25, -0.2) is 9.97 Å². The Morgan fingerprint density at radius 1 is 1.47 bits per heavy atom. The van der Waals surface area contributed by atoms with Crippen molar-refractivity contribution in [2.45, 2.75) is 19.8 Å². The number of aromatic nitrogens is 2. The lowest BCUT2D eigenvalue weighted by atomic mass is 10.0. The van der Waals surface area contributed by atoms with Crippen LogP contribution in [0.25, 0.3) is 0 Å². The highest BCUT2D eigenvalue weighted by Gasteiger charge is 2.18. The Labute approximate surface area is 107 Å². The quantitative estimate of drug-likeness (QED) is 0.828. The summed E-state index contributed by atoms with van der Waals surface area (Å²) in [7, 11) is 0. The average Bonchev–Trinajstić information content (AvgIpc) is 2.38. The fourth-order valence-electron chi connectivity index (χ4n) is 2.08. The molecule has 0 aromatic carbocycles. The molecule has 0 radical (unpaired) electrons. The van der Waals surface area contributed by atoms with Crippen LogP contribution >= 0.6 is 11.6 Å². The monoisotopic (exact) mass is 255 g/mol. The maximum atomic E-state index is 5.79. The Kier molecular flexibility index (Phi) is 4.57. The van der Waals surface area contributed by atoms with E-state index in [1.807, 2.05) is 0 Å². The summed E-state index contributed by atoms with van der Waals surface area (Å²) in [6, 6.07) is 0. The van der Waals surface area contributed by atoms with Gasteiger partial charge in [0.2, 0.25) is 5.95 Å². The first-order valence-electron chi connectivity index (χ1n) is 6.10. The van der Waals surface area contributed by atoms with Crippen LogP contribution in [-0.4, -0.2) is 36.3 Å². The van der Waals surface area contributed by atoms with Crippen molar-refractivity contribution in [2.24, 2.45) is 5.92 Å². The number of hydrogen-bond acceptors (Lipinski definition) is 4. The lowest BCUT2D eigenvalue weighted by Crippen LogP contribution is -2.34. The summed E-state index contributed by atoms with van der Waals surface area (Å²) in [6.45, 7) is 5.72. The van der Waals surface area contributed by atoms with Crippen LogP contribution < -0.4 is 4.90 Å². The molecule has 5 heteroatoms. The molecule has 1 aliphatic heterocycles. The van der Waals surface area contributed by atoms with Crippen LogP contribution in [0, 0.1) is 5.92 Å². The summed E-state index contributed by atoms with van der Waals surface area (Å²) in [5.41, 5.74) is 0. The van der Waals surface area contributed by atoms with E-state index in [4.69, 9.17) is 16.3 Å². The zero-order valence-corrected chi connectivity index (χ0v) is 10.9. The van der Waals surface area contributed by atoms with E-state index < -0.39 is 0 Å². The molecule has 1 aromatic rings. The van der Waals surface area contributed by atoms with Crippen molar-refractivity contribution < 1.29 is 4.74 Å². The Balaban J connectivity index is 1.97. The van der Waals surface area contributed by atoms with Crippen LogP contribution in [0.2, 0.25) is 5.02 Å². The summed E-state index contributed by atoms with van der Waals surface area (Å²) < 4.78 is 5.49. The smallest absolute Gasteiger partial charge is 0.225 e. The normalized spacial score (nSPS) is 20.2. The van der Waals surface area contributed by atoms with Crippen molar-refractivity contribution in [1.82, 2.24) is 9.97 Å². The van der Waals surface area contributed by atoms with E-state index in [0.717, 1.165) is 38.7 Å². The van der Waals surface area contributed by atoms with Gasteiger partial charge in [-0.05, 0) is 25.7 Å². The van der Waals surface area contributed by atoms with E-state index in [0.29, 0.717) is 10.9 Å². The molecule has 0 N–H and O–H groups in total. The summed E-state index contributed by atoms with van der Waals surface area (Å²) in [4.78, 5) is 10.7. The summed E-state index contributed by atoms with van der Waals surface area (Å²) >= 11 is 5.79. The first-order valence-corrected chi connectivity index (χ1v) is 6.47. The van der Waals surface area contributed by atoms with Crippen LogP contribution in [0.5, 0.6) is 0 Å². The average molecular weight is 256 g/mol. The fraction of sp³-hybridized carbons (Fsp3) is 0.667. The number of ether oxygens (including phenoxy) is 1. The molecule has 1 aliphatic rings. The van der Waals surface area contributed by atoms with Gasteiger partial charge in [0, 0.05) is 19.7 Å². The lowest BCUT2D eigenvalue weighted by Gasteiger charge is -2.28. The second-order valence-electron chi connectivity index (χ2n) is 4.32. The maximum absolute atomic E-state index is 5.79. The molecular weight excluding hydrogens is 238 g/mol. The molecule has 1 saturated heterocycles. The van der Waals surface area contributed by atoms with Gasteiger partial charge in [-0.2, -0.15) is 0 Å². The third-order valence-corrected chi connectivity index (χ3v) is 3.20. The Bertz CT molecular complexity index is 338. The molecule has 17 heavy (non-hydrogen) atoms. The number of nitrogens with zero attached hydrogens (tertiary/aromatic N) is 3. The molecule has 2 rings (SSSR count). The molecule has 4 nitrogen and oxygen atoms in total. The number of anilines is 1. The number of rotatable bonds is 4. The number of halogens is 1. The van der Waals surface area contributed by atoms with Gasteiger partial charge >= 0.3 is 0 Å². The van der Waals surface area contributed by atoms with Gasteiger partial charge in [0.15, 0.2) is 0 Å². The van der Waals surface area contributed by atoms with Crippen molar-refractivity contribution >= 4 is 17.5 Å². The van der Waals surface area contributed by atoms with E-state index in [1.165, 1.54) is 6.42 Å². The summed E-state index contributed by atoms with van der Waals surface area (Å²) in [6.07, 6.45) is 5.67. The van der Waals surface area contributed by atoms with E-state index in [-0.39, 0.29) is 0 Å². The highest BCUT2D eigenvalue weighted by Crippen LogP contribution is 2.18. The second-order valence-corrected chi connectivity index (χ2v) is 4.76. The third-order valence-electron chi connectivity index (χ3n) is 3.00. The van der Waals surface area contributed by atoms with Gasteiger partial charge < -0.3 is 9.64 Å². The van der Waals surface area contributed by atoms with Gasteiger partial charge in [0.1, 0.15) is 0 Å². The first kappa shape index (κ1) is 12.6. The van der Waals surface area contributed by atoms with Crippen molar-refractivity contribution in [2.75, 3.05) is 31.2 Å². The van der Waals surface area contributed by atoms with Crippen LogP contribution in [-0.2, 0) is 4.74 Å². The van der Waals surface area contributed by atoms with E-state index in [1.54, 1.807) is 12.4 Å². The predicted molar refractivity (Wildman–Crippen MR) is 68.5 cm³/mol. The van der Waals surface area contributed by atoms with Gasteiger partial charge in [0.25, 0.3) is 0 Å². The summed E-state index contributed by atoms with van der Waals surface area (Å²) in [5.74, 6) is 1.34. The zero-order chi connectivity index (χ0) is 12.1.